The largest absolute Gasteiger partial charge is 0.274 e. The van der Waals surface area contributed by atoms with Gasteiger partial charge in [0.25, 0.3) is 11.8 Å². The van der Waals surface area contributed by atoms with Crippen molar-refractivity contribution >= 4 is 50.0 Å². The molecule has 3 heterocycles. The summed E-state index contributed by atoms with van der Waals surface area (Å²) in [5.74, 6) is -1.18. The maximum Gasteiger partial charge on any atom is 0.271 e. The molecule has 2 amide bonds. The van der Waals surface area contributed by atoms with Gasteiger partial charge >= 0.3 is 0 Å². The number of benzene rings is 1. The van der Waals surface area contributed by atoms with Gasteiger partial charge < -0.3 is 0 Å². The Bertz CT molecular complexity index is 1220. The van der Waals surface area contributed by atoms with Gasteiger partial charge in [0, 0.05) is 31.3 Å². The number of halogens is 1. The van der Waals surface area contributed by atoms with E-state index in [1.54, 1.807) is 43.4 Å². The van der Waals surface area contributed by atoms with E-state index in [0.29, 0.717) is 11.1 Å². The minimum absolute atomic E-state index is 0.00895. The van der Waals surface area contributed by atoms with Crippen molar-refractivity contribution < 1.29 is 14.0 Å². The summed E-state index contributed by atoms with van der Waals surface area (Å²) in [6, 6.07) is 12.4. The molecule has 0 unspecified atom stereocenters. The maximum atomic E-state index is 13.1. The minimum Gasteiger partial charge on any atom is -0.274 e. The predicted molar refractivity (Wildman–Crippen MR) is 114 cm³/mol. The SMILES string of the molecule is CCN1C(=O)C(C#N)=C(C)/C(=C/c2cc3sc(-c4ccc(F)cc4)cc3s2)C1=O. The molecule has 0 saturated heterocycles. The summed E-state index contributed by atoms with van der Waals surface area (Å²) in [6.45, 7) is 3.56. The standard InChI is InChI=1S/C22H15FN2O2S2/c1-3-25-21(26)16(12(2)17(11-24)22(25)27)8-15-9-19-20(28-15)10-18(29-19)13-4-6-14(23)7-5-13/h4-10H,3H2,1-2H3/b16-8-. The van der Waals surface area contributed by atoms with Crippen molar-refractivity contribution in [3.05, 3.63) is 63.8 Å². The summed E-state index contributed by atoms with van der Waals surface area (Å²) >= 11 is 3.13. The van der Waals surface area contributed by atoms with Gasteiger partial charge in [0.1, 0.15) is 17.5 Å². The van der Waals surface area contributed by atoms with Crippen LogP contribution in [0.2, 0.25) is 0 Å². The van der Waals surface area contributed by atoms with Gasteiger partial charge in [-0.25, -0.2) is 4.39 Å². The van der Waals surface area contributed by atoms with Crippen molar-refractivity contribution in [2.24, 2.45) is 0 Å². The van der Waals surface area contributed by atoms with E-state index in [9.17, 15) is 19.2 Å². The summed E-state index contributed by atoms with van der Waals surface area (Å²) in [7, 11) is 0. The van der Waals surface area contributed by atoms with Crippen LogP contribution < -0.4 is 0 Å². The van der Waals surface area contributed by atoms with Crippen molar-refractivity contribution in [3.63, 3.8) is 0 Å². The van der Waals surface area contributed by atoms with Crippen LogP contribution in [0.1, 0.15) is 18.7 Å². The average Bonchev–Trinajstić information content (AvgIpc) is 3.25. The molecule has 0 spiro atoms. The predicted octanol–water partition coefficient (Wildman–Crippen LogP) is 5.38. The van der Waals surface area contributed by atoms with Gasteiger partial charge in [0.2, 0.25) is 0 Å². The van der Waals surface area contributed by atoms with Gasteiger partial charge in [0.15, 0.2) is 0 Å². The number of hydrogen-bond acceptors (Lipinski definition) is 5. The number of rotatable bonds is 3. The minimum atomic E-state index is -0.536. The number of fused-ring (bicyclic) bond motifs is 1. The van der Waals surface area contributed by atoms with Gasteiger partial charge in [-0.3, -0.25) is 14.5 Å². The monoisotopic (exact) mass is 422 g/mol. The van der Waals surface area contributed by atoms with E-state index in [0.717, 1.165) is 29.6 Å². The lowest BCUT2D eigenvalue weighted by Gasteiger charge is -2.26. The molecule has 4 nitrogen and oxygen atoms in total. The molecule has 29 heavy (non-hydrogen) atoms. The Hall–Kier alpha value is -3.08. The quantitative estimate of drug-likeness (QED) is 0.420. The summed E-state index contributed by atoms with van der Waals surface area (Å²) in [5.41, 5.74) is 1.75. The van der Waals surface area contributed by atoms with Crippen LogP contribution >= 0.6 is 22.7 Å². The van der Waals surface area contributed by atoms with Crippen LogP contribution in [-0.4, -0.2) is 23.3 Å². The smallest absolute Gasteiger partial charge is 0.271 e. The molecule has 144 valence electrons. The molecule has 0 N–H and O–H groups in total. The van der Waals surface area contributed by atoms with E-state index >= 15 is 0 Å². The lowest BCUT2D eigenvalue weighted by atomic mass is 9.95. The molecule has 3 aromatic rings. The van der Waals surface area contributed by atoms with Gasteiger partial charge in [-0.05, 0) is 55.3 Å². The van der Waals surface area contributed by atoms with Crippen LogP contribution in [-0.2, 0) is 9.59 Å². The van der Waals surface area contributed by atoms with Crippen LogP contribution in [0.4, 0.5) is 4.39 Å². The molecule has 1 aromatic carbocycles. The number of hydrogen-bond donors (Lipinski definition) is 0. The van der Waals surface area contributed by atoms with Crippen LogP contribution in [0.3, 0.4) is 0 Å². The van der Waals surface area contributed by atoms with E-state index < -0.39 is 5.91 Å². The number of imide groups is 1. The second-order valence-corrected chi connectivity index (χ2v) is 8.72. The number of nitrogens with zero attached hydrogens (tertiary/aromatic N) is 2. The van der Waals surface area contributed by atoms with Crippen molar-refractivity contribution in [2.45, 2.75) is 13.8 Å². The summed E-state index contributed by atoms with van der Waals surface area (Å²) < 4.78 is 15.3. The number of amides is 2. The molecular weight excluding hydrogens is 407 g/mol. The molecule has 4 rings (SSSR count). The normalized spacial score (nSPS) is 16.2. The summed E-state index contributed by atoms with van der Waals surface area (Å²) in [5, 5.41) is 9.34. The number of carbonyl (C=O) groups excluding carboxylic acids is 2. The Labute approximate surface area is 174 Å². The fraction of sp³-hybridized carbons (Fsp3) is 0.136. The van der Waals surface area contributed by atoms with Crippen molar-refractivity contribution in [2.75, 3.05) is 6.54 Å². The number of nitriles is 1. The molecule has 0 bridgehead atoms. The first kappa shape index (κ1) is 19.2. The lowest BCUT2D eigenvalue weighted by Crippen LogP contribution is -2.42. The summed E-state index contributed by atoms with van der Waals surface area (Å²) in [6.07, 6.45) is 1.75. The van der Waals surface area contributed by atoms with Gasteiger partial charge in [0.05, 0.1) is 0 Å². The van der Waals surface area contributed by atoms with E-state index in [4.69, 9.17) is 0 Å². The van der Waals surface area contributed by atoms with Gasteiger partial charge in [-0.1, -0.05) is 12.1 Å². The van der Waals surface area contributed by atoms with Crippen LogP contribution in [0.5, 0.6) is 0 Å². The van der Waals surface area contributed by atoms with E-state index in [1.165, 1.54) is 23.5 Å². The third-order valence-corrected chi connectivity index (χ3v) is 7.07. The first-order valence-corrected chi connectivity index (χ1v) is 10.5. The maximum absolute atomic E-state index is 13.1. The number of likely N-dealkylation sites (N-methyl/N-ethyl adjacent to an activating group) is 1. The highest BCUT2D eigenvalue weighted by Crippen LogP contribution is 2.39. The fourth-order valence-corrected chi connectivity index (χ4v) is 5.60. The van der Waals surface area contributed by atoms with Crippen LogP contribution in [0.15, 0.2) is 53.1 Å². The fourth-order valence-electron chi connectivity index (χ4n) is 3.24. The highest BCUT2D eigenvalue weighted by Gasteiger charge is 2.34. The molecule has 0 atom stereocenters. The molecule has 2 aromatic heterocycles. The lowest BCUT2D eigenvalue weighted by molar-refractivity contribution is -0.140. The van der Waals surface area contributed by atoms with E-state index in [2.05, 4.69) is 0 Å². The zero-order valence-electron chi connectivity index (χ0n) is 15.7. The first-order valence-electron chi connectivity index (χ1n) is 8.91. The Kier molecular flexibility index (Phi) is 4.91. The van der Waals surface area contributed by atoms with Crippen molar-refractivity contribution in [1.29, 1.82) is 5.26 Å². The number of carbonyl (C=O) groups is 2. The molecule has 1 aliphatic rings. The summed E-state index contributed by atoms with van der Waals surface area (Å²) in [4.78, 5) is 28.0. The Morgan fingerprint density at radius 1 is 1.10 bits per heavy atom. The highest BCUT2D eigenvalue weighted by molar-refractivity contribution is 7.29. The molecule has 7 heteroatoms. The van der Waals surface area contributed by atoms with E-state index in [1.807, 2.05) is 18.2 Å². The van der Waals surface area contributed by atoms with Crippen LogP contribution in [0.25, 0.3) is 25.9 Å². The zero-order valence-corrected chi connectivity index (χ0v) is 17.3. The van der Waals surface area contributed by atoms with Crippen molar-refractivity contribution in [3.8, 4) is 16.5 Å². The zero-order chi connectivity index (χ0) is 20.7. The number of thiophene rings is 2. The molecule has 0 fully saturated rings. The molecular formula is C22H15FN2O2S2. The first-order chi connectivity index (χ1) is 13.9. The molecule has 0 aliphatic carbocycles. The topological polar surface area (TPSA) is 61.2 Å². The van der Waals surface area contributed by atoms with Crippen LogP contribution in [0, 0.1) is 17.1 Å². The van der Waals surface area contributed by atoms with Gasteiger partial charge in [-0.2, -0.15) is 5.26 Å². The van der Waals surface area contributed by atoms with Gasteiger partial charge in [-0.15, -0.1) is 22.7 Å². The third kappa shape index (κ3) is 3.31. The second-order valence-electron chi connectivity index (χ2n) is 6.52. The second kappa shape index (κ2) is 7.39. The third-order valence-electron chi connectivity index (χ3n) is 4.78. The Morgan fingerprint density at radius 2 is 1.79 bits per heavy atom. The molecule has 0 saturated carbocycles. The highest BCUT2D eigenvalue weighted by atomic mass is 32.1. The Balaban J connectivity index is 1.74. The van der Waals surface area contributed by atoms with Crippen molar-refractivity contribution in [1.82, 2.24) is 4.90 Å². The molecule has 0 radical (unpaired) electrons. The Morgan fingerprint density at radius 3 is 2.41 bits per heavy atom. The van der Waals surface area contributed by atoms with E-state index in [-0.39, 0.29) is 23.8 Å². The average molecular weight is 423 g/mol. The molecule has 1 aliphatic heterocycles.